The number of rotatable bonds is 16. The van der Waals surface area contributed by atoms with Crippen LogP contribution in [0.4, 0.5) is 0 Å². The molecule has 0 spiro atoms. The number of halogens is 2. The van der Waals surface area contributed by atoms with E-state index in [2.05, 4.69) is 203 Å². The van der Waals surface area contributed by atoms with Crippen molar-refractivity contribution in [1.82, 2.24) is 0 Å². The van der Waals surface area contributed by atoms with Gasteiger partial charge in [-0.3, -0.25) is 0 Å². The molecule has 6 rings (SSSR count). The summed E-state index contributed by atoms with van der Waals surface area (Å²) in [6.07, 6.45) is 18.2. The lowest BCUT2D eigenvalue weighted by Gasteiger charge is -2.06. The van der Waals surface area contributed by atoms with E-state index in [0.29, 0.717) is 0 Å². The van der Waals surface area contributed by atoms with Gasteiger partial charge in [0.05, 0.1) is 0 Å². The van der Waals surface area contributed by atoms with Crippen LogP contribution in [0.2, 0.25) is 0 Å². The fourth-order valence-corrected chi connectivity index (χ4v) is 7.74. The minimum atomic E-state index is 1.06. The van der Waals surface area contributed by atoms with Crippen LogP contribution in [0.1, 0.15) is 70.2 Å². The zero-order valence-corrected chi connectivity index (χ0v) is 36.0. The maximum Gasteiger partial charge on any atom is 0.171 e. The summed E-state index contributed by atoms with van der Waals surface area (Å²) in [5, 5.41) is 2.15. The molecule has 0 aliphatic carbocycles. The first-order valence-electron chi connectivity index (χ1n) is 19.7. The number of benzene rings is 4. The maximum atomic E-state index is 3.48. The summed E-state index contributed by atoms with van der Waals surface area (Å²) in [6.45, 7) is 10.8. The van der Waals surface area contributed by atoms with Crippen LogP contribution in [-0.2, 0) is 38.8 Å². The van der Waals surface area contributed by atoms with Crippen molar-refractivity contribution in [2.75, 3.05) is 10.7 Å². The largest absolute Gasteiger partial charge is 0.205 e. The molecule has 54 heavy (non-hydrogen) atoms. The average molecular weight is 847 g/mol. The van der Waals surface area contributed by atoms with Gasteiger partial charge in [-0.15, -0.1) is 0 Å². The summed E-state index contributed by atoms with van der Waals surface area (Å²) >= 11 is 6.96. The molecule has 280 valence electrons. The lowest BCUT2D eigenvalue weighted by molar-refractivity contribution is -0.698. The van der Waals surface area contributed by atoms with Crippen molar-refractivity contribution in [2.45, 2.75) is 92.2 Å². The standard InChI is InChI=1S/C32H38N2.C18H20Br2/c1-25-19-26(2)22-33(21-25)17-5-7-29-9-13-31(14-10-29)32-15-11-30(12-16-32)8-6-18-34-23-27(3)20-28(4)24-34;19-13-1-3-15-5-9-17(10-6-15)18-11-7-16(8-12-18)4-2-14-20/h9-16,19-24H,5-8,17-18H2,1-4H3;5-12H,1-4,13-14H2/q+2;. The highest BCUT2D eigenvalue weighted by Gasteiger charge is 2.07. The zero-order chi connectivity index (χ0) is 38.1. The minimum Gasteiger partial charge on any atom is -0.205 e. The SMILES string of the molecule is BrCCCc1ccc(-c2ccc(CCCBr)cc2)cc1.Cc1cc(C)c[n+](CCCc2ccc(-c3ccc(CCC[n+]4cc(C)cc(C)c4)cc3)cc2)c1. The van der Waals surface area contributed by atoms with E-state index in [-0.39, 0.29) is 0 Å². The monoisotopic (exact) mass is 844 g/mol. The van der Waals surface area contributed by atoms with Gasteiger partial charge in [0, 0.05) is 45.8 Å². The second kappa shape index (κ2) is 21.9. The van der Waals surface area contributed by atoms with Gasteiger partial charge in [0.15, 0.2) is 24.8 Å². The first-order chi connectivity index (χ1) is 26.3. The molecule has 0 saturated heterocycles. The Morgan fingerprint density at radius 1 is 0.352 bits per heavy atom. The van der Waals surface area contributed by atoms with Crippen LogP contribution in [-0.4, -0.2) is 10.7 Å². The molecule has 0 bridgehead atoms. The molecule has 2 nitrogen and oxygen atoms in total. The summed E-state index contributed by atoms with van der Waals surface area (Å²) in [5.74, 6) is 0. The van der Waals surface area contributed by atoms with Gasteiger partial charge < -0.3 is 0 Å². The number of aromatic nitrogens is 2. The lowest BCUT2D eigenvalue weighted by Crippen LogP contribution is -2.33. The molecule has 0 fully saturated rings. The predicted molar refractivity (Wildman–Crippen MR) is 237 cm³/mol. The molecule has 0 aliphatic rings. The molecule has 2 heterocycles. The van der Waals surface area contributed by atoms with Gasteiger partial charge in [-0.05, 0) is 123 Å². The molecule has 2 aromatic heterocycles. The summed E-state index contributed by atoms with van der Waals surface area (Å²) in [4.78, 5) is 0. The summed E-state index contributed by atoms with van der Waals surface area (Å²) < 4.78 is 4.64. The number of pyridine rings is 2. The van der Waals surface area contributed by atoms with Crippen LogP contribution in [0.15, 0.2) is 134 Å². The molecular formula is C50H58Br2N2+2. The molecule has 4 heteroatoms. The summed E-state index contributed by atoms with van der Waals surface area (Å²) in [7, 11) is 0. The van der Waals surface area contributed by atoms with Crippen molar-refractivity contribution in [2.24, 2.45) is 0 Å². The van der Waals surface area contributed by atoms with E-state index in [1.807, 2.05) is 0 Å². The third-order valence-corrected chi connectivity index (χ3v) is 11.0. The van der Waals surface area contributed by atoms with E-state index in [1.165, 1.54) is 79.6 Å². The average Bonchev–Trinajstić information content (AvgIpc) is 3.17. The van der Waals surface area contributed by atoms with Gasteiger partial charge >= 0.3 is 0 Å². The molecule has 0 atom stereocenters. The van der Waals surface area contributed by atoms with E-state index >= 15 is 0 Å². The van der Waals surface area contributed by atoms with Crippen LogP contribution in [0.25, 0.3) is 22.3 Å². The van der Waals surface area contributed by atoms with Crippen LogP contribution >= 0.6 is 31.9 Å². The highest BCUT2D eigenvalue weighted by atomic mass is 79.9. The molecule has 0 N–H and O–H groups in total. The van der Waals surface area contributed by atoms with Gasteiger partial charge in [-0.25, -0.2) is 9.13 Å². The molecule has 4 aromatic carbocycles. The Bertz CT molecular complexity index is 1810. The Balaban J connectivity index is 0.000000239. The molecular weight excluding hydrogens is 788 g/mol. The molecule has 6 aromatic rings. The summed E-state index contributed by atoms with van der Waals surface area (Å²) in [5.41, 5.74) is 16.2. The van der Waals surface area contributed by atoms with Gasteiger partial charge in [-0.1, -0.05) is 129 Å². The molecule has 0 saturated carbocycles. The molecule has 0 aliphatic heterocycles. The van der Waals surface area contributed by atoms with Crippen LogP contribution in [0.3, 0.4) is 0 Å². The summed E-state index contributed by atoms with van der Waals surface area (Å²) in [6, 6.07) is 40.6. The number of hydrogen-bond acceptors (Lipinski definition) is 0. The van der Waals surface area contributed by atoms with E-state index in [9.17, 15) is 0 Å². The van der Waals surface area contributed by atoms with Crippen molar-refractivity contribution in [3.8, 4) is 22.3 Å². The van der Waals surface area contributed by atoms with Crippen LogP contribution in [0.5, 0.6) is 0 Å². The molecule has 0 unspecified atom stereocenters. The Morgan fingerprint density at radius 3 is 0.833 bits per heavy atom. The van der Waals surface area contributed by atoms with Gasteiger partial charge in [0.2, 0.25) is 0 Å². The smallest absolute Gasteiger partial charge is 0.171 e. The highest BCUT2D eigenvalue weighted by molar-refractivity contribution is 9.09. The van der Waals surface area contributed by atoms with Crippen molar-refractivity contribution in [1.29, 1.82) is 0 Å². The highest BCUT2D eigenvalue weighted by Crippen LogP contribution is 2.23. The predicted octanol–water partition coefficient (Wildman–Crippen LogP) is 12.4. The second-order valence-electron chi connectivity index (χ2n) is 14.8. The van der Waals surface area contributed by atoms with E-state index < -0.39 is 0 Å². The number of nitrogens with zero attached hydrogens (tertiary/aromatic N) is 2. The van der Waals surface area contributed by atoms with E-state index in [0.717, 1.165) is 62.3 Å². The van der Waals surface area contributed by atoms with Gasteiger partial charge in [0.1, 0.15) is 13.1 Å². The van der Waals surface area contributed by atoms with Crippen molar-refractivity contribution in [3.63, 3.8) is 0 Å². The first-order valence-corrected chi connectivity index (χ1v) is 22.0. The second-order valence-corrected chi connectivity index (χ2v) is 16.4. The van der Waals surface area contributed by atoms with Crippen LogP contribution < -0.4 is 9.13 Å². The van der Waals surface area contributed by atoms with E-state index in [4.69, 9.17) is 0 Å². The normalized spacial score (nSPS) is 10.9. The van der Waals surface area contributed by atoms with Crippen molar-refractivity contribution in [3.05, 3.63) is 178 Å². The minimum absolute atomic E-state index is 1.06. The molecule has 0 amide bonds. The maximum absolute atomic E-state index is 3.48. The Kier molecular flexibility index (Phi) is 16.7. The van der Waals surface area contributed by atoms with Gasteiger partial charge in [0.25, 0.3) is 0 Å². The first kappa shape index (κ1) is 41.3. The molecule has 0 radical (unpaired) electrons. The van der Waals surface area contributed by atoms with E-state index in [1.54, 1.807) is 0 Å². The number of hydrogen-bond donors (Lipinski definition) is 0. The fraction of sp³-hybridized carbons (Fsp3) is 0.320. The topological polar surface area (TPSA) is 7.76 Å². The van der Waals surface area contributed by atoms with Crippen LogP contribution in [0, 0.1) is 27.7 Å². The number of aryl methyl sites for hydroxylation is 10. The van der Waals surface area contributed by atoms with Gasteiger partial charge in [-0.2, -0.15) is 0 Å². The lowest BCUT2D eigenvalue weighted by atomic mass is 10.00. The number of alkyl halides is 2. The van der Waals surface area contributed by atoms with Crippen molar-refractivity contribution < 1.29 is 9.13 Å². The third kappa shape index (κ3) is 13.8. The third-order valence-electron chi connectivity index (χ3n) is 9.83. The Hall–Kier alpha value is -3.86. The Labute approximate surface area is 342 Å². The quantitative estimate of drug-likeness (QED) is 0.0677. The van der Waals surface area contributed by atoms with Crippen molar-refractivity contribution >= 4 is 31.9 Å². The Morgan fingerprint density at radius 2 is 0.593 bits per heavy atom. The fourth-order valence-electron chi connectivity index (χ4n) is 7.18. The zero-order valence-electron chi connectivity index (χ0n) is 32.8.